The van der Waals surface area contributed by atoms with Crippen LogP contribution >= 0.6 is 0 Å². The van der Waals surface area contributed by atoms with Crippen LogP contribution in [0.1, 0.15) is 31.2 Å². The highest BCUT2D eigenvalue weighted by molar-refractivity contribution is 5.43. The summed E-state index contributed by atoms with van der Waals surface area (Å²) in [5, 5.41) is 0. The fourth-order valence-electron chi connectivity index (χ4n) is 2.57. The Balaban J connectivity index is 1.99. The van der Waals surface area contributed by atoms with Crippen molar-refractivity contribution >= 4 is 0 Å². The molecule has 0 saturated carbocycles. The topological polar surface area (TPSA) is 47.7 Å². The second kappa shape index (κ2) is 8.12. The molecule has 0 radical (unpaired) electrons. The molecule has 2 rings (SSSR count). The van der Waals surface area contributed by atoms with E-state index in [-0.39, 0.29) is 0 Å². The first-order chi connectivity index (χ1) is 9.83. The summed E-state index contributed by atoms with van der Waals surface area (Å²) in [5.41, 5.74) is 6.79. The third kappa shape index (κ3) is 4.39. The van der Waals surface area contributed by atoms with Crippen LogP contribution in [0.25, 0.3) is 0 Å². The average molecular weight is 278 g/mol. The van der Waals surface area contributed by atoms with Gasteiger partial charge in [0, 0.05) is 6.54 Å². The minimum absolute atomic E-state index is 0.639. The first kappa shape index (κ1) is 15.1. The van der Waals surface area contributed by atoms with E-state index in [9.17, 15) is 0 Å². The van der Waals surface area contributed by atoms with Crippen LogP contribution in [0, 0.1) is 0 Å². The van der Waals surface area contributed by atoms with Crippen LogP contribution in [0.3, 0.4) is 0 Å². The Hall–Kier alpha value is -1.26. The molecule has 1 aromatic carbocycles. The molecule has 0 spiro atoms. The highest BCUT2D eigenvalue weighted by Gasteiger charge is 2.12. The summed E-state index contributed by atoms with van der Waals surface area (Å²) < 4.78 is 11.1. The number of nitrogens with two attached hydrogens (primary N) is 1. The molecule has 1 aromatic rings. The molecule has 0 atom stereocenters. The van der Waals surface area contributed by atoms with Gasteiger partial charge in [0.2, 0.25) is 0 Å². The molecule has 2 N–H and O–H groups in total. The monoisotopic (exact) mass is 278 g/mol. The van der Waals surface area contributed by atoms with Crippen LogP contribution in [-0.4, -0.2) is 38.3 Å². The Bertz CT molecular complexity index is 403. The molecule has 1 heterocycles. The molecule has 4 heteroatoms. The maximum atomic E-state index is 5.77. The Kier molecular flexibility index (Phi) is 6.15. The zero-order valence-corrected chi connectivity index (χ0v) is 12.4. The normalized spacial score (nSPS) is 16.1. The number of hydrogen-bond donors (Lipinski definition) is 1. The molecule has 112 valence electrons. The predicted octanol–water partition coefficient (Wildman–Crippen LogP) is 2.41. The maximum absolute atomic E-state index is 5.77. The maximum Gasteiger partial charge on any atom is 0.161 e. The Morgan fingerprint density at radius 3 is 2.65 bits per heavy atom. The fraction of sp³-hybridized carbons (Fsp3) is 0.625. The lowest BCUT2D eigenvalue weighted by Gasteiger charge is -2.26. The van der Waals surface area contributed by atoms with E-state index in [0.29, 0.717) is 13.2 Å². The summed E-state index contributed by atoms with van der Waals surface area (Å²) in [6.07, 6.45) is 4.86. The van der Waals surface area contributed by atoms with Gasteiger partial charge in [0.25, 0.3) is 0 Å². The molecule has 1 aliphatic rings. The highest BCUT2D eigenvalue weighted by atomic mass is 16.5. The SMILES string of the molecule is COc1ccc(CN2CCCCC2)cc1OCCCN. The van der Waals surface area contributed by atoms with Crippen LogP contribution in [0.4, 0.5) is 0 Å². The second-order valence-electron chi connectivity index (χ2n) is 5.31. The lowest BCUT2D eigenvalue weighted by Crippen LogP contribution is -2.29. The van der Waals surface area contributed by atoms with Gasteiger partial charge < -0.3 is 15.2 Å². The van der Waals surface area contributed by atoms with Crippen molar-refractivity contribution in [3.63, 3.8) is 0 Å². The number of hydrogen-bond acceptors (Lipinski definition) is 4. The number of likely N-dealkylation sites (tertiary alicyclic amines) is 1. The van der Waals surface area contributed by atoms with Gasteiger partial charge in [-0.05, 0) is 56.6 Å². The first-order valence-electron chi connectivity index (χ1n) is 7.55. The summed E-state index contributed by atoms with van der Waals surface area (Å²) in [5.74, 6) is 1.62. The first-order valence-corrected chi connectivity index (χ1v) is 7.55. The van der Waals surface area contributed by atoms with Crippen molar-refractivity contribution in [3.8, 4) is 11.5 Å². The van der Waals surface area contributed by atoms with Gasteiger partial charge in [0.1, 0.15) is 0 Å². The number of benzene rings is 1. The van der Waals surface area contributed by atoms with Gasteiger partial charge in [-0.25, -0.2) is 0 Å². The van der Waals surface area contributed by atoms with E-state index < -0.39 is 0 Å². The zero-order chi connectivity index (χ0) is 14.2. The van der Waals surface area contributed by atoms with Crippen molar-refractivity contribution in [1.82, 2.24) is 4.90 Å². The second-order valence-corrected chi connectivity index (χ2v) is 5.31. The average Bonchev–Trinajstić information content (AvgIpc) is 2.49. The number of nitrogens with zero attached hydrogens (tertiary/aromatic N) is 1. The molecule has 20 heavy (non-hydrogen) atoms. The highest BCUT2D eigenvalue weighted by Crippen LogP contribution is 2.29. The van der Waals surface area contributed by atoms with Crippen molar-refractivity contribution in [3.05, 3.63) is 23.8 Å². The van der Waals surface area contributed by atoms with Crippen LogP contribution in [0.15, 0.2) is 18.2 Å². The quantitative estimate of drug-likeness (QED) is 0.778. The zero-order valence-electron chi connectivity index (χ0n) is 12.4. The van der Waals surface area contributed by atoms with Crippen molar-refractivity contribution in [2.75, 3.05) is 33.4 Å². The van der Waals surface area contributed by atoms with Gasteiger partial charge in [0.05, 0.1) is 13.7 Å². The van der Waals surface area contributed by atoms with Crippen LogP contribution < -0.4 is 15.2 Å². The van der Waals surface area contributed by atoms with E-state index in [0.717, 1.165) is 24.5 Å². The van der Waals surface area contributed by atoms with Gasteiger partial charge >= 0.3 is 0 Å². The Morgan fingerprint density at radius 1 is 1.15 bits per heavy atom. The largest absolute Gasteiger partial charge is 0.493 e. The summed E-state index contributed by atoms with van der Waals surface area (Å²) in [4.78, 5) is 2.51. The van der Waals surface area contributed by atoms with E-state index in [1.807, 2.05) is 6.07 Å². The van der Waals surface area contributed by atoms with Gasteiger partial charge in [-0.3, -0.25) is 4.90 Å². The molecule has 0 aromatic heterocycles. The molecule has 0 unspecified atom stereocenters. The molecular weight excluding hydrogens is 252 g/mol. The van der Waals surface area contributed by atoms with E-state index in [1.165, 1.54) is 37.9 Å². The van der Waals surface area contributed by atoms with Crippen molar-refractivity contribution in [2.24, 2.45) is 5.73 Å². The van der Waals surface area contributed by atoms with E-state index >= 15 is 0 Å². The van der Waals surface area contributed by atoms with Crippen molar-refractivity contribution < 1.29 is 9.47 Å². The third-order valence-corrected chi connectivity index (χ3v) is 3.69. The molecule has 1 aliphatic heterocycles. The van der Waals surface area contributed by atoms with Crippen molar-refractivity contribution in [2.45, 2.75) is 32.2 Å². The molecule has 0 aliphatic carbocycles. The summed E-state index contributed by atoms with van der Waals surface area (Å²) in [7, 11) is 1.68. The summed E-state index contributed by atoms with van der Waals surface area (Å²) in [6, 6.07) is 6.23. The van der Waals surface area contributed by atoms with Crippen molar-refractivity contribution in [1.29, 1.82) is 0 Å². The van der Waals surface area contributed by atoms with E-state index in [4.69, 9.17) is 15.2 Å². The van der Waals surface area contributed by atoms with Gasteiger partial charge in [-0.1, -0.05) is 12.5 Å². The summed E-state index contributed by atoms with van der Waals surface area (Å²) in [6.45, 7) is 4.69. The molecule has 0 bridgehead atoms. The molecule has 4 nitrogen and oxygen atoms in total. The summed E-state index contributed by atoms with van der Waals surface area (Å²) >= 11 is 0. The van der Waals surface area contributed by atoms with Gasteiger partial charge in [-0.15, -0.1) is 0 Å². The predicted molar refractivity (Wildman–Crippen MR) is 81.3 cm³/mol. The van der Waals surface area contributed by atoms with Crippen LogP contribution in [-0.2, 0) is 6.54 Å². The molecule has 1 saturated heterocycles. The van der Waals surface area contributed by atoms with Crippen LogP contribution in [0.5, 0.6) is 11.5 Å². The minimum Gasteiger partial charge on any atom is -0.493 e. The smallest absolute Gasteiger partial charge is 0.161 e. The number of rotatable bonds is 7. The molecular formula is C16H26N2O2. The number of piperidine rings is 1. The lowest BCUT2D eigenvalue weighted by atomic mass is 10.1. The van der Waals surface area contributed by atoms with Gasteiger partial charge in [-0.2, -0.15) is 0 Å². The number of ether oxygens (including phenoxy) is 2. The number of methoxy groups -OCH3 is 1. The molecule has 0 amide bonds. The van der Waals surface area contributed by atoms with Gasteiger partial charge in [0.15, 0.2) is 11.5 Å². The Morgan fingerprint density at radius 2 is 1.95 bits per heavy atom. The molecule has 1 fully saturated rings. The minimum atomic E-state index is 0.639. The third-order valence-electron chi connectivity index (χ3n) is 3.69. The Labute approximate surface area is 121 Å². The van der Waals surface area contributed by atoms with E-state index in [1.54, 1.807) is 7.11 Å². The standard InChI is InChI=1S/C16H26N2O2/c1-19-15-7-6-14(12-16(15)20-11-5-8-17)13-18-9-3-2-4-10-18/h6-7,12H,2-5,8-11,13,17H2,1H3. The van der Waals surface area contributed by atoms with Crippen LogP contribution in [0.2, 0.25) is 0 Å². The van der Waals surface area contributed by atoms with E-state index in [2.05, 4.69) is 17.0 Å². The lowest BCUT2D eigenvalue weighted by molar-refractivity contribution is 0.220. The fourth-order valence-corrected chi connectivity index (χ4v) is 2.57.